The number of carbonyl (C=O) groups is 1. The van der Waals surface area contributed by atoms with E-state index >= 15 is 0 Å². The molecule has 0 unspecified atom stereocenters. The second-order valence-corrected chi connectivity index (χ2v) is 4.52. The SMILES string of the molecule is CC(C)(C)OC(=O)OCCCCCCN. The Morgan fingerprint density at radius 3 is 2.27 bits per heavy atom. The minimum absolute atomic E-state index is 0.430. The number of hydrogen-bond donors (Lipinski definition) is 1. The van der Waals surface area contributed by atoms with Crippen LogP contribution >= 0.6 is 0 Å². The van der Waals surface area contributed by atoms with Gasteiger partial charge in [-0.25, -0.2) is 4.79 Å². The highest BCUT2D eigenvalue weighted by atomic mass is 16.7. The largest absolute Gasteiger partial charge is 0.508 e. The Labute approximate surface area is 92.1 Å². The summed E-state index contributed by atoms with van der Waals surface area (Å²) in [5, 5.41) is 0. The van der Waals surface area contributed by atoms with Gasteiger partial charge in [0.2, 0.25) is 0 Å². The molecule has 0 aromatic carbocycles. The molecular weight excluding hydrogens is 194 g/mol. The molecule has 0 aliphatic carbocycles. The lowest BCUT2D eigenvalue weighted by Crippen LogP contribution is -2.24. The molecule has 0 amide bonds. The topological polar surface area (TPSA) is 61.5 Å². The van der Waals surface area contributed by atoms with Crippen LogP contribution in [0.1, 0.15) is 46.5 Å². The van der Waals surface area contributed by atoms with E-state index in [0.29, 0.717) is 6.61 Å². The van der Waals surface area contributed by atoms with Crippen LogP contribution in [0.4, 0.5) is 4.79 Å². The molecule has 0 atom stereocenters. The Morgan fingerprint density at radius 1 is 1.13 bits per heavy atom. The summed E-state index contributed by atoms with van der Waals surface area (Å²) in [6.07, 6.45) is 3.46. The summed E-state index contributed by atoms with van der Waals surface area (Å²) in [5.41, 5.74) is 4.88. The molecule has 0 radical (unpaired) electrons. The monoisotopic (exact) mass is 217 g/mol. The molecule has 0 aliphatic rings. The molecule has 0 saturated carbocycles. The number of unbranched alkanes of at least 4 members (excludes halogenated alkanes) is 3. The lowest BCUT2D eigenvalue weighted by atomic mass is 10.2. The third-order valence-electron chi connectivity index (χ3n) is 1.71. The average Bonchev–Trinajstić information content (AvgIpc) is 2.08. The summed E-state index contributed by atoms with van der Waals surface area (Å²) in [7, 11) is 0. The fourth-order valence-electron chi connectivity index (χ4n) is 1.03. The van der Waals surface area contributed by atoms with Crippen LogP contribution in [-0.2, 0) is 9.47 Å². The van der Waals surface area contributed by atoms with Gasteiger partial charge in [-0.1, -0.05) is 12.8 Å². The molecule has 4 nitrogen and oxygen atoms in total. The van der Waals surface area contributed by atoms with Gasteiger partial charge in [0, 0.05) is 0 Å². The Morgan fingerprint density at radius 2 is 1.73 bits per heavy atom. The van der Waals surface area contributed by atoms with E-state index < -0.39 is 11.8 Å². The molecule has 0 aromatic heterocycles. The second kappa shape index (κ2) is 7.51. The fourth-order valence-corrected chi connectivity index (χ4v) is 1.03. The first-order chi connectivity index (χ1) is 6.95. The molecule has 15 heavy (non-hydrogen) atoms. The summed E-state index contributed by atoms with van der Waals surface area (Å²) in [6.45, 7) is 6.60. The van der Waals surface area contributed by atoms with E-state index in [0.717, 1.165) is 32.2 Å². The van der Waals surface area contributed by atoms with Crippen LogP contribution in [0.5, 0.6) is 0 Å². The van der Waals surface area contributed by atoms with Gasteiger partial charge in [-0.2, -0.15) is 0 Å². The summed E-state index contributed by atoms with van der Waals surface area (Å²) in [4.78, 5) is 11.1. The Balaban J connectivity index is 3.32. The zero-order valence-corrected chi connectivity index (χ0v) is 10.0. The predicted octanol–water partition coefficient (Wildman–Crippen LogP) is 2.46. The van der Waals surface area contributed by atoms with E-state index in [1.165, 1.54) is 0 Å². The van der Waals surface area contributed by atoms with Gasteiger partial charge < -0.3 is 15.2 Å². The highest BCUT2D eigenvalue weighted by molar-refractivity contribution is 5.60. The normalized spacial score (nSPS) is 11.2. The van der Waals surface area contributed by atoms with Crippen molar-refractivity contribution in [2.45, 2.75) is 52.1 Å². The zero-order valence-electron chi connectivity index (χ0n) is 10.0. The van der Waals surface area contributed by atoms with Crippen LogP contribution in [-0.4, -0.2) is 24.9 Å². The highest BCUT2D eigenvalue weighted by Crippen LogP contribution is 2.08. The van der Waals surface area contributed by atoms with Crippen LogP contribution in [0.25, 0.3) is 0 Å². The van der Waals surface area contributed by atoms with Gasteiger partial charge in [0.1, 0.15) is 5.60 Å². The van der Waals surface area contributed by atoms with E-state index in [9.17, 15) is 4.79 Å². The van der Waals surface area contributed by atoms with E-state index in [-0.39, 0.29) is 0 Å². The summed E-state index contributed by atoms with van der Waals surface area (Å²) in [6, 6.07) is 0. The zero-order chi connectivity index (χ0) is 11.7. The molecule has 0 spiro atoms. The van der Waals surface area contributed by atoms with Gasteiger partial charge in [0.25, 0.3) is 0 Å². The van der Waals surface area contributed by atoms with Gasteiger partial charge >= 0.3 is 6.16 Å². The third-order valence-corrected chi connectivity index (χ3v) is 1.71. The van der Waals surface area contributed by atoms with E-state index in [2.05, 4.69) is 0 Å². The van der Waals surface area contributed by atoms with Crippen molar-refractivity contribution in [1.29, 1.82) is 0 Å². The highest BCUT2D eigenvalue weighted by Gasteiger charge is 2.16. The first-order valence-electron chi connectivity index (χ1n) is 5.51. The van der Waals surface area contributed by atoms with Gasteiger partial charge in [-0.3, -0.25) is 0 Å². The number of nitrogens with two attached hydrogens (primary N) is 1. The van der Waals surface area contributed by atoms with Gasteiger partial charge in [-0.15, -0.1) is 0 Å². The van der Waals surface area contributed by atoms with Crippen LogP contribution in [0.15, 0.2) is 0 Å². The smallest absolute Gasteiger partial charge is 0.434 e. The lowest BCUT2D eigenvalue weighted by Gasteiger charge is -2.18. The number of carbonyl (C=O) groups excluding carboxylic acids is 1. The summed E-state index contributed by atoms with van der Waals surface area (Å²) in [5.74, 6) is 0. The molecular formula is C11H23NO3. The quantitative estimate of drug-likeness (QED) is 0.548. The maximum atomic E-state index is 11.1. The van der Waals surface area contributed by atoms with Crippen molar-refractivity contribution in [3.8, 4) is 0 Å². The van der Waals surface area contributed by atoms with Crippen molar-refractivity contribution in [2.75, 3.05) is 13.2 Å². The van der Waals surface area contributed by atoms with Crippen molar-refractivity contribution in [3.63, 3.8) is 0 Å². The van der Waals surface area contributed by atoms with E-state index in [1.807, 2.05) is 20.8 Å². The minimum Gasteiger partial charge on any atom is -0.434 e. The van der Waals surface area contributed by atoms with Crippen LogP contribution in [0, 0.1) is 0 Å². The number of hydrogen-bond acceptors (Lipinski definition) is 4. The molecule has 2 N–H and O–H groups in total. The fraction of sp³-hybridized carbons (Fsp3) is 0.909. The molecule has 0 heterocycles. The first kappa shape index (κ1) is 14.2. The van der Waals surface area contributed by atoms with Crippen molar-refractivity contribution in [2.24, 2.45) is 5.73 Å². The van der Waals surface area contributed by atoms with Crippen LogP contribution in [0.2, 0.25) is 0 Å². The summed E-state index contributed by atoms with van der Waals surface area (Å²) < 4.78 is 9.89. The summed E-state index contributed by atoms with van der Waals surface area (Å²) >= 11 is 0. The van der Waals surface area contributed by atoms with Crippen LogP contribution < -0.4 is 5.73 Å². The number of rotatable bonds is 6. The Kier molecular flexibility index (Phi) is 7.13. The molecule has 0 aromatic rings. The van der Waals surface area contributed by atoms with Crippen LogP contribution in [0.3, 0.4) is 0 Å². The standard InChI is InChI=1S/C11H23NO3/c1-11(2,3)15-10(13)14-9-7-5-4-6-8-12/h4-9,12H2,1-3H3. The van der Waals surface area contributed by atoms with Gasteiger partial charge in [0.05, 0.1) is 6.61 Å². The third kappa shape index (κ3) is 11.2. The number of ether oxygens (including phenoxy) is 2. The maximum absolute atomic E-state index is 11.1. The minimum atomic E-state index is -0.582. The Hall–Kier alpha value is -0.770. The van der Waals surface area contributed by atoms with Crippen molar-refractivity contribution < 1.29 is 14.3 Å². The predicted molar refractivity (Wildman–Crippen MR) is 59.7 cm³/mol. The lowest BCUT2D eigenvalue weighted by molar-refractivity contribution is -0.00769. The first-order valence-corrected chi connectivity index (χ1v) is 5.51. The second-order valence-electron chi connectivity index (χ2n) is 4.52. The molecule has 0 bridgehead atoms. The van der Waals surface area contributed by atoms with E-state index in [1.54, 1.807) is 0 Å². The molecule has 90 valence electrons. The molecule has 0 aliphatic heterocycles. The maximum Gasteiger partial charge on any atom is 0.508 e. The molecule has 0 saturated heterocycles. The van der Waals surface area contributed by atoms with Crippen molar-refractivity contribution in [1.82, 2.24) is 0 Å². The van der Waals surface area contributed by atoms with E-state index in [4.69, 9.17) is 15.2 Å². The average molecular weight is 217 g/mol. The van der Waals surface area contributed by atoms with Crippen molar-refractivity contribution in [3.05, 3.63) is 0 Å². The molecule has 0 fully saturated rings. The molecule has 0 rings (SSSR count). The van der Waals surface area contributed by atoms with Gasteiger partial charge in [-0.05, 0) is 40.2 Å². The Bertz CT molecular complexity index is 175. The van der Waals surface area contributed by atoms with Gasteiger partial charge in [0.15, 0.2) is 0 Å². The molecule has 4 heteroatoms. The van der Waals surface area contributed by atoms with Crippen molar-refractivity contribution >= 4 is 6.16 Å².